The van der Waals surface area contributed by atoms with Crippen molar-refractivity contribution < 1.29 is 61.3 Å². The van der Waals surface area contributed by atoms with Crippen LogP contribution in [-0.2, 0) is 69.0 Å². The van der Waals surface area contributed by atoms with Gasteiger partial charge in [-0.15, -0.1) is 0 Å². The zero-order valence-electron chi connectivity index (χ0n) is 39.7. The summed E-state index contributed by atoms with van der Waals surface area (Å²) < 4.78 is 48.0. The third-order valence-electron chi connectivity index (χ3n) is 10.4. The van der Waals surface area contributed by atoms with Gasteiger partial charge in [0.2, 0.25) is 0 Å². The molecule has 0 heterocycles. The molecule has 3 atom stereocenters. The van der Waals surface area contributed by atoms with E-state index in [-0.39, 0.29) is 43.6 Å². The smallest absolute Gasteiger partial charge is 0.475 e. The first-order valence-electron chi connectivity index (χ1n) is 22.5. The van der Waals surface area contributed by atoms with Gasteiger partial charge in [-0.2, -0.15) is 13.2 Å². The maximum Gasteiger partial charge on any atom is 0.490 e. The molecule has 0 aromatic heterocycles. The molecule has 6 aromatic rings. The van der Waals surface area contributed by atoms with Crippen LogP contribution in [0.15, 0.2) is 170 Å². The highest BCUT2D eigenvalue weighted by molar-refractivity contribution is 6.03. The molecular formula is C57H57F3O10. The second-order valence-electron chi connectivity index (χ2n) is 17.4. The Labute approximate surface area is 406 Å². The van der Waals surface area contributed by atoms with Crippen molar-refractivity contribution in [3.8, 4) is 22.3 Å². The number of alkyl halides is 3. The predicted octanol–water partition coefficient (Wildman–Crippen LogP) is 11.7. The molecule has 0 fully saturated rings. The molecule has 0 aliphatic heterocycles. The Balaban J connectivity index is 0.000000273. The number of ether oxygens (including phenoxy) is 3. The summed E-state index contributed by atoms with van der Waals surface area (Å²) in [7, 11) is 0. The summed E-state index contributed by atoms with van der Waals surface area (Å²) in [5.74, 6) is -7.45. The van der Waals surface area contributed by atoms with Gasteiger partial charge in [0.15, 0.2) is 5.78 Å². The lowest BCUT2D eigenvalue weighted by atomic mass is 9.86. The number of ketones is 2. The first-order chi connectivity index (χ1) is 33.2. The summed E-state index contributed by atoms with van der Waals surface area (Å²) in [5.41, 5.74) is 7.06. The second kappa shape index (κ2) is 26.8. The van der Waals surface area contributed by atoms with Gasteiger partial charge in [-0.1, -0.05) is 184 Å². The number of halogens is 3. The van der Waals surface area contributed by atoms with Gasteiger partial charge in [0.25, 0.3) is 0 Å². The highest BCUT2D eigenvalue weighted by Gasteiger charge is 2.40. The third-order valence-corrected chi connectivity index (χ3v) is 10.4. The van der Waals surface area contributed by atoms with E-state index in [1.54, 1.807) is 27.7 Å². The van der Waals surface area contributed by atoms with E-state index >= 15 is 0 Å². The molecule has 70 heavy (non-hydrogen) atoms. The number of aliphatic carboxylic acids is 1. The molecule has 0 bridgehead atoms. The lowest BCUT2D eigenvalue weighted by Crippen LogP contribution is -2.40. The topological polar surface area (TPSA) is 150 Å². The largest absolute Gasteiger partial charge is 0.490 e. The average molecular weight is 959 g/mol. The third kappa shape index (κ3) is 19.1. The van der Waals surface area contributed by atoms with E-state index in [4.69, 9.17) is 24.1 Å². The van der Waals surface area contributed by atoms with Crippen LogP contribution in [0.2, 0.25) is 0 Å². The number of hydrogen-bond donors (Lipinski definition) is 1. The Kier molecular flexibility index (Phi) is 21.0. The summed E-state index contributed by atoms with van der Waals surface area (Å²) in [4.78, 5) is 72.5. The number of carbonyl (C=O) groups excluding carboxylic acids is 5. The number of Topliss-reactive ketones (excluding diaryl/α,β-unsaturated/α-hetero) is 2. The van der Waals surface area contributed by atoms with E-state index in [1.807, 2.05) is 158 Å². The molecule has 1 N–H and O–H groups in total. The van der Waals surface area contributed by atoms with Crippen LogP contribution in [0.25, 0.3) is 22.3 Å². The number of benzene rings is 6. The first kappa shape index (κ1) is 54.9. The second-order valence-corrected chi connectivity index (χ2v) is 17.4. The van der Waals surface area contributed by atoms with Crippen LogP contribution in [0.3, 0.4) is 0 Å². The molecule has 13 heteroatoms. The van der Waals surface area contributed by atoms with Crippen molar-refractivity contribution in [3.63, 3.8) is 0 Å². The standard InChI is InChI=1S/C30H32O5.C25H24O3.C2HF3O2/c1-21(28(32)34-20-23-11-7-5-8-12-23)27(29(33)35-30(2,3)4)26(31)19-22-15-17-25(18-16-22)24-13-9-6-10-14-24;1-19(25(27)28-18-21-8-4-2-5-9-21)16-24(26)17-20-12-14-23(15-13-20)22-10-6-3-7-11-22;3-2(4,5)1(6)7/h5-18,21,27H,19-20H2,1-4H3;2-15,19H,16-18H2,1H3;(H,6,7)/t21-,27?;19-;/m11./s1. The Morgan fingerprint density at radius 3 is 1.23 bits per heavy atom. The van der Waals surface area contributed by atoms with Crippen molar-refractivity contribution in [2.24, 2.45) is 17.8 Å². The zero-order chi connectivity index (χ0) is 51.3. The number of hydrogen-bond acceptors (Lipinski definition) is 9. The molecule has 0 amide bonds. The molecule has 0 saturated carbocycles. The first-order valence-corrected chi connectivity index (χ1v) is 22.5. The van der Waals surface area contributed by atoms with E-state index < -0.39 is 47.4 Å². The van der Waals surface area contributed by atoms with Crippen molar-refractivity contribution in [1.29, 1.82) is 0 Å². The van der Waals surface area contributed by atoms with Crippen LogP contribution in [0.5, 0.6) is 0 Å². The molecule has 0 radical (unpaired) electrons. The van der Waals surface area contributed by atoms with Crippen molar-refractivity contribution in [2.75, 3.05) is 0 Å². The zero-order valence-corrected chi connectivity index (χ0v) is 39.7. The van der Waals surface area contributed by atoms with Crippen LogP contribution in [-0.4, -0.2) is 52.3 Å². The minimum atomic E-state index is -5.08. The molecule has 0 spiro atoms. The summed E-state index contributed by atoms with van der Waals surface area (Å²) in [6.45, 7) is 8.77. The molecule has 1 unspecified atom stereocenters. The molecule has 0 saturated heterocycles. The van der Waals surface area contributed by atoms with Gasteiger partial charge in [0, 0.05) is 19.3 Å². The average Bonchev–Trinajstić information content (AvgIpc) is 3.33. The van der Waals surface area contributed by atoms with Crippen LogP contribution in [0, 0.1) is 17.8 Å². The predicted molar refractivity (Wildman–Crippen MR) is 260 cm³/mol. The highest BCUT2D eigenvalue weighted by atomic mass is 19.4. The highest BCUT2D eigenvalue weighted by Crippen LogP contribution is 2.25. The van der Waals surface area contributed by atoms with Gasteiger partial charge in [0.05, 0.1) is 11.8 Å². The summed E-state index contributed by atoms with van der Waals surface area (Å²) in [5, 5.41) is 7.12. The molecule has 10 nitrogen and oxygen atoms in total. The van der Waals surface area contributed by atoms with Gasteiger partial charge in [-0.3, -0.25) is 24.0 Å². The summed E-state index contributed by atoms with van der Waals surface area (Å²) in [6, 6.07) is 54.4. The fraction of sp³-hybridized carbons (Fsp3) is 0.263. The maximum atomic E-state index is 13.3. The number of rotatable bonds is 17. The molecule has 0 aliphatic rings. The Hall–Kier alpha value is -7.67. The fourth-order valence-electron chi connectivity index (χ4n) is 6.77. The quantitative estimate of drug-likeness (QED) is 0.0531. The van der Waals surface area contributed by atoms with E-state index in [0.717, 1.165) is 44.5 Å². The van der Waals surface area contributed by atoms with Gasteiger partial charge in [0.1, 0.15) is 30.5 Å². The Morgan fingerprint density at radius 2 is 0.843 bits per heavy atom. The Morgan fingerprint density at radius 1 is 0.486 bits per heavy atom. The molecular weight excluding hydrogens is 902 g/mol. The van der Waals surface area contributed by atoms with Gasteiger partial charge < -0.3 is 19.3 Å². The van der Waals surface area contributed by atoms with Gasteiger partial charge in [-0.05, 0) is 65.3 Å². The van der Waals surface area contributed by atoms with Gasteiger partial charge >= 0.3 is 30.1 Å². The minimum Gasteiger partial charge on any atom is -0.475 e. The lowest BCUT2D eigenvalue weighted by molar-refractivity contribution is -0.192. The number of carboxylic acids is 1. The van der Waals surface area contributed by atoms with Crippen LogP contribution < -0.4 is 0 Å². The fourth-order valence-corrected chi connectivity index (χ4v) is 6.77. The minimum absolute atomic E-state index is 0.00921. The van der Waals surface area contributed by atoms with Crippen molar-refractivity contribution >= 4 is 35.4 Å². The van der Waals surface area contributed by atoms with E-state index in [2.05, 4.69) is 12.1 Å². The summed E-state index contributed by atoms with van der Waals surface area (Å²) in [6.07, 6.45) is -4.56. The number of carbonyl (C=O) groups is 6. The monoisotopic (exact) mass is 958 g/mol. The van der Waals surface area contributed by atoms with E-state index in [1.165, 1.54) is 6.92 Å². The summed E-state index contributed by atoms with van der Waals surface area (Å²) >= 11 is 0. The molecule has 6 aromatic carbocycles. The van der Waals surface area contributed by atoms with Crippen LogP contribution in [0.1, 0.15) is 63.3 Å². The van der Waals surface area contributed by atoms with E-state index in [0.29, 0.717) is 6.42 Å². The van der Waals surface area contributed by atoms with Crippen LogP contribution >= 0.6 is 0 Å². The number of carboxylic acid groups (broad SMARTS) is 1. The normalized spacial score (nSPS) is 12.2. The molecule has 366 valence electrons. The van der Waals surface area contributed by atoms with Crippen molar-refractivity contribution in [3.05, 3.63) is 192 Å². The Bertz CT molecular complexity index is 2590. The van der Waals surface area contributed by atoms with Crippen molar-refractivity contribution in [2.45, 2.75) is 78.9 Å². The SMILES string of the molecule is C[C@@H](C(=O)OCc1ccccc1)C(C(=O)Cc1ccc(-c2ccccc2)cc1)C(=O)OC(C)(C)C.C[C@H](CC(=O)Cc1ccc(-c2ccccc2)cc1)C(=O)OCc1ccccc1.O=C(O)C(F)(F)F. The maximum absolute atomic E-state index is 13.3. The van der Waals surface area contributed by atoms with Gasteiger partial charge in [-0.25, -0.2) is 4.79 Å². The van der Waals surface area contributed by atoms with Crippen LogP contribution in [0.4, 0.5) is 13.2 Å². The number of esters is 3. The van der Waals surface area contributed by atoms with E-state index in [9.17, 15) is 37.1 Å². The molecule has 6 rings (SSSR count). The van der Waals surface area contributed by atoms with Crippen molar-refractivity contribution in [1.82, 2.24) is 0 Å². The lowest BCUT2D eigenvalue weighted by Gasteiger charge is -2.26. The molecule has 0 aliphatic carbocycles.